The van der Waals surface area contributed by atoms with E-state index in [1.54, 1.807) is 12.1 Å². The van der Waals surface area contributed by atoms with Gasteiger partial charge < -0.3 is 4.74 Å². The van der Waals surface area contributed by atoms with Crippen LogP contribution in [-0.2, 0) is 10.0 Å². The predicted octanol–water partition coefficient (Wildman–Crippen LogP) is 1.83. The molecule has 5 nitrogen and oxygen atoms in total. The minimum Gasteiger partial charge on any atom is -0.492 e. The SMILES string of the molecule is CC[C@H]1CCCN(CCOc2ccc(S(N)(=O)=O)cc2)C1. The van der Waals surface area contributed by atoms with Gasteiger partial charge in [-0.15, -0.1) is 0 Å². The number of ether oxygens (including phenoxy) is 1. The van der Waals surface area contributed by atoms with Crippen LogP contribution in [0, 0.1) is 5.92 Å². The summed E-state index contributed by atoms with van der Waals surface area (Å²) in [4.78, 5) is 2.55. The molecule has 1 aromatic rings. The summed E-state index contributed by atoms with van der Waals surface area (Å²) in [5, 5.41) is 5.06. The molecule has 1 heterocycles. The lowest BCUT2D eigenvalue weighted by atomic mass is 9.96. The molecule has 0 unspecified atom stereocenters. The van der Waals surface area contributed by atoms with Crippen molar-refractivity contribution in [1.29, 1.82) is 0 Å². The average molecular weight is 312 g/mol. The third kappa shape index (κ3) is 4.98. The number of benzene rings is 1. The number of sulfonamides is 1. The van der Waals surface area contributed by atoms with Gasteiger partial charge in [0.2, 0.25) is 10.0 Å². The summed E-state index contributed by atoms with van der Waals surface area (Å²) in [6.07, 6.45) is 3.84. The van der Waals surface area contributed by atoms with Crippen LogP contribution in [0.5, 0.6) is 5.75 Å². The Bertz CT molecular complexity index is 543. The van der Waals surface area contributed by atoms with Gasteiger partial charge in [0, 0.05) is 13.1 Å². The molecule has 1 atom stereocenters. The van der Waals surface area contributed by atoms with Crippen LogP contribution in [0.15, 0.2) is 29.2 Å². The number of hydrogen-bond donors (Lipinski definition) is 1. The van der Waals surface area contributed by atoms with E-state index in [9.17, 15) is 8.42 Å². The highest BCUT2D eigenvalue weighted by molar-refractivity contribution is 7.89. The molecule has 0 amide bonds. The quantitative estimate of drug-likeness (QED) is 0.870. The number of likely N-dealkylation sites (tertiary alicyclic amines) is 1. The Labute approximate surface area is 127 Å². The highest BCUT2D eigenvalue weighted by atomic mass is 32.2. The van der Waals surface area contributed by atoms with E-state index < -0.39 is 10.0 Å². The fourth-order valence-electron chi connectivity index (χ4n) is 2.71. The molecule has 6 heteroatoms. The van der Waals surface area contributed by atoms with Crippen molar-refractivity contribution in [3.63, 3.8) is 0 Å². The minimum absolute atomic E-state index is 0.108. The van der Waals surface area contributed by atoms with E-state index in [-0.39, 0.29) is 4.90 Å². The molecule has 1 fully saturated rings. The number of rotatable bonds is 6. The van der Waals surface area contributed by atoms with Gasteiger partial charge in [-0.3, -0.25) is 4.90 Å². The van der Waals surface area contributed by atoms with Gasteiger partial charge in [-0.25, -0.2) is 13.6 Å². The number of hydrogen-bond acceptors (Lipinski definition) is 4. The van der Waals surface area contributed by atoms with Gasteiger partial charge in [0.25, 0.3) is 0 Å². The zero-order chi connectivity index (χ0) is 15.3. The molecule has 0 aromatic heterocycles. The zero-order valence-corrected chi connectivity index (χ0v) is 13.3. The van der Waals surface area contributed by atoms with Gasteiger partial charge in [-0.2, -0.15) is 0 Å². The average Bonchev–Trinajstić information content (AvgIpc) is 2.47. The molecule has 0 aliphatic carbocycles. The van der Waals surface area contributed by atoms with E-state index in [0.717, 1.165) is 25.6 Å². The van der Waals surface area contributed by atoms with Crippen molar-refractivity contribution >= 4 is 10.0 Å². The van der Waals surface area contributed by atoms with Crippen LogP contribution in [0.3, 0.4) is 0 Å². The zero-order valence-electron chi connectivity index (χ0n) is 12.5. The largest absolute Gasteiger partial charge is 0.492 e. The summed E-state index contributed by atoms with van der Waals surface area (Å²) in [5.74, 6) is 1.49. The van der Waals surface area contributed by atoms with E-state index >= 15 is 0 Å². The summed E-state index contributed by atoms with van der Waals surface area (Å²) in [5.41, 5.74) is 0. The van der Waals surface area contributed by atoms with Crippen molar-refractivity contribution in [3.05, 3.63) is 24.3 Å². The molecule has 1 aliphatic heterocycles. The first-order chi connectivity index (χ1) is 9.99. The van der Waals surface area contributed by atoms with Crippen molar-refractivity contribution in [3.8, 4) is 5.75 Å². The summed E-state index contributed by atoms with van der Waals surface area (Å²) >= 11 is 0. The van der Waals surface area contributed by atoms with Gasteiger partial charge in [0.1, 0.15) is 12.4 Å². The van der Waals surface area contributed by atoms with Crippen LogP contribution in [0.25, 0.3) is 0 Å². The lowest BCUT2D eigenvalue weighted by Gasteiger charge is -2.32. The third-order valence-electron chi connectivity index (χ3n) is 4.01. The Morgan fingerprint density at radius 3 is 2.67 bits per heavy atom. The maximum atomic E-state index is 11.2. The lowest BCUT2D eigenvalue weighted by molar-refractivity contribution is 0.145. The standard InChI is InChI=1S/C15H24N2O3S/c1-2-13-4-3-9-17(12-13)10-11-20-14-5-7-15(8-6-14)21(16,18)19/h5-8,13H,2-4,9-12H2,1H3,(H2,16,18,19)/t13-/m0/s1. The van der Waals surface area contributed by atoms with Crippen LogP contribution >= 0.6 is 0 Å². The smallest absolute Gasteiger partial charge is 0.238 e. The van der Waals surface area contributed by atoms with Crippen molar-refractivity contribution in [2.24, 2.45) is 11.1 Å². The van der Waals surface area contributed by atoms with Crippen LogP contribution in [0.2, 0.25) is 0 Å². The normalized spacial score (nSPS) is 20.4. The Kier molecular flexibility index (Phi) is 5.61. The lowest BCUT2D eigenvalue weighted by Crippen LogP contribution is -2.37. The second-order valence-corrected chi connectivity index (χ2v) is 7.14. The van der Waals surface area contributed by atoms with Gasteiger partial charge >= 0.3 is 0 Å². The van der Waals surface area contributed by atoms with E-state index in [1.165, 1.54) is 31.4 Å². The van der Waals surface area contributed by atoms with Crippen LogP contribution in [0.1, 0.15) is 26.2 Å². The molecular formula is C15H24N2O3S. The Morgan fingerprint density at radius 2 is 2.05 bits per heavy atom. The Morgan fingerprint density at radius 1 is 1.33 bits per heavy atom. The molecule has 118 valence electrons. The first-order valence-electron chi connectivity index (χ1n) is 7.47. The van der Waals surface area contributed by atoms with Gasteiger partial charge in [0.15, 0.2) is 0 Å². The molecule has 0 saturated carbocycles. The molecule has 2 rings (SSSR count). The molecule has 21 heavy (non-hydrogen) atoms. The Balaban J connectivity index is 1.78. The van der Waals surface area contributed by atoms with Crippen molar-refractivity contribution in [1.82, 2.24) is 4.90 Å². The first-order valence-corrected chi connectivity index (χ1v) is 9.01. The highest BCUT2D eigenvalue weighted by Crippen LogP contribution is 2.19. The van der Waals surface area contributed by atoms with Crippen LogP contribution in [0.4, 0.5) is 0 Å². The molecule has 0 radical (unpaired) electrons. The van der Waals surface area contributed by atoms with Gasteiger partial charge in [0.05, 0.1) is 4.90 Å². The monoisotopic (exact) mass is 312 g/mol. The maximum absolute atomic E-state index is 11.2. The van der Waals surface area contributed by atoms with Crippen molar-refractivity contribution in [2.45, 2.75) is 31.1 Å². The highest BCUT2D eigenvalue weighted by Gasteiger charge is 2.17. The van der Waals surface area contributed by atoms with E-state index in [2.05, 4.69) is 11.8 Å². The Hall–Kier alpha value is -1.11. The second-order valence-electron chi connectivity index (χ2n) is 5.58. The van der Waals surface area contributed by atoms with Crippen molar-refractivity contribution < 1.29 is 13.2 Å². The topological polar surface area (TPSA) is 72.6 Å². The summed E-state index contributed by atoms with van der Waals surface area (Å²) in [6.45, 7) is 6.07. The minimum atomic E-state index is -3.63. The molecule has 1 aliphatic rings. The van der Waals surface area contributed by atoms with Crippen LogP contribution in [-0.4, -0.2) is 39.6 Å². The third-order valence-corrected chi connectivity index (χ3v) is 4.94. The number of nitrogens with zero attached hydrogens (tertiary/aromatic N) is 1. The molecule has 0 spiro atoms. The number of primary sulfonamides is 1. The first kappa shape index (κ1) is 16.3. The number of piperidine rings is 1. The maximum Gasteiger partial charge on any atom is 0.238 e. The molecule has 1 saturated heterocycles. The van der Waals surface area contributed by atoms with E-state index in [1.807, 2.05) is 0 Å². The fraction of sp³-hybridized carbons (Fsp3) is 0.600. The second kappa shape index (κ2) is 7.24. The van der Waals surface area contributed by atoms with Crippen LogP contribution < -0.4 is 9.88 Å². The fourth-order valence-corrected chi connectivity index (χ4v) is 3.22. The summed E-state index contributed by atoms with van der Waals surface area (Å²) in [7, 11) is -3.63. The summed E-state index contributed by atoms with van der Waals surface area (Å²) < 4.78 is 28.0. The van der Waals surface area contributed by atoms with Crippen molar-refractivity contribution in [2.75, 3.05) is 26.2 Å². The predicted molar refractivity (Wildman–Crippen MR) is 82.8 cm³/mol. The van der Waals surface area contributed by atoms with Gasteiger partial charge in [-0.1, -0.05) is 13.3 Å². The van der Waals surface area contributed by atoms with E-state index in [4.69, 9.17) is 9.88 Å². The van der Waals surface area contributed by atoms with Gasteiger partial charge in [-0.05, 0) is 49.6 Å². The number of nitrogens with two attached hydrogens (primary N) is 1. The molecule has 2 N–H and O–H groups in total. The molecule has 1 aromatic carbocycles. The van der Waals surface area contributed by atoms with E-state index in [0.29, 0.717) is 12.4 Å². The summed E-state index contributed by atoms with van der Waals surface area (Å²) in [6, 6.07) is 6.23. The molecule has 0 bridgehead atoms. The molecular weight excluding hydrogens is 288 g/mol.